The van der Waals surface area contributed by atoms with Gasteiger partial charge in [-0.3, -0.25) is 0 Å². The Morgan fingerprint density at radius 2 is 2.44 bits per heavy atom. The highest BCUT2D eigenvalue weighted by atomic mass is 16.5. The quantitative estimate of drug-likeness (QED) is 0.822. The number of ether oxygens (including phenoxy) is 2. The minimum absolute atomic E-state index is 0.440. The van der Waals surface area contributed by atoms with E-state index < -0.39 is 0 Å². The minimum atomic E-state index is 0.440. The largest absolute Gasteiger partial charge is 0.476 e. The number of nitrogen functional groups attached to an aromatic ring is 1. The summed E-state index contributed by atoms with van der Waals surface area (Å²) in [6.45, 7) is 4.93. The smallest absolute Gasteiger partial charge is 0.242 e. The van der Waals surface area contributed by atoms with E-state index >= 15 is 0 Å². The Bertz CT molecular complexity index is 380. The SMILES string of the molecule is CCOc1ncnc(NCC2CCCOC2)c1N. The Morgan fingerprint density at radius 1 is 1.56 bits per heavy atom. The normalized spacial score (nSPS) is 19.5. The number of anilines is 2. The molecule has 0 radical (unpaired) electrons. The maximum Gasteiger partial charge on any atom is 0.242 e. The molecular weight excluding hydrogens is 232 g/mol. The molecule has 3 N–H and O–H groups in total. The van der Waals surface area contributed by atoms with Crippen molar-refractivity contribution in [3.05, 3.63) is 6.33 Å². The van der Waals surface area contributed by atoms with E-state index in [1.165, 1.54) is 12.7 Å². The van der Waals surface area contributed by atoms with Crippen molar-refractivity contribution in [1.29, 1.82) is 0 Å². The Kier molecular flexibility index (Phi) is 4.58. The molecule has 0 aliphatic carbocycles. The third-order valence-corrected chi connectivity index (χ3v) is 2.94. The van der Waals surface area contributed by atoms with Gasteiger partial charge in [-0.05, 0) is 25.7 Å². The lowest BCUT2D eigenvalue weighted by atomic mass is 10.0. The lowest BCUT2D eigenvalue weighted by molar-refractivity contribution is 0.0595. The van der Waals surface area contributed by atoms with Crippen molar-refractivity contribution in [2.75, 3.05) is 37.4 Å². The predicted molar refractivity (Wildman–Crippen MR) is 69.6 cm³/mol. The van der Waals surface area contributed by atoms with E-state index in [-0.39, 0.29) is 0 Å². The van der Waals surface area contributed by atoms with E-state index in [4.69, 9.17) is 15.2 Å². The van der Waals surface area contributed by atoms with Gasteiger partial charge in [-0.25, -0.2) is 4.98 Å². The molecule has 1 aromatic heterocycles. The van der Waals surface area contributed by atoms with E-state index in [0.29, 0.717) is 29.9 Å². The Morgan fingerprint density at radius 3 is 3.17 bits per heavy atom. The number of hydrogen-bond acceptors (Lipinski definition) is 6. The molecule has 100 valence electrons. The summed E-state index contributed by atoms with van der Waals surface area (Å²) < 4.78 is 10.8. The van der Waals surface area contributed by atoms with Gasteiger partial charge in [0, 0.05) is 13.2 Å². The van der Waals surface area contributed by atoms with Gasteiger partial charge >= 0.3 is 0 Å². The summed E-state index contributed by atoms with van der Waals surface area (Å²) in [5.74, 6) is 1.59. The molecule has 0 spiro atoms. The molecule has 2 heterocycles. The average molecular weight is 252 g/mol. The molecule has 18 heavy (non-hydrogen) atoms. The highest BCUT2D eigenvalue weighted by Crippen LogP contribution is 2.25. The Hall–Kier alpha value is -1.56. The summed E-state index contributed by atoms with van der Waals surface area (Å²) in [6.07, 6.45) is 3.76. The van der Waals surface area contributed by atoms with Gasteiger partial charge in [0.25, 0.3) is 0 Å². The molecular formula is C12H20N4O2. The molecule has 1 atom stereocenters. The van der Waals surface area contributed by atoms with Crippen molar-refractivity contribution in [2.24, 2.45) is 5.92 Å². The summed E-state index contributed by atoms with van der Waals surface area (Å²) in [5, 5.41) is 3.25. The molecule has 1 aliphatic heterocycles. The lowest BCUT2D eigenvalue weighted by Gasteiger charge is -2.22. The predicted octanol–water partition coefficient (Wildman–Crippen LogP) is 1.30. The summed E-state index contributed by atoms with van der Waals surface area (Å²) in [5.41, 5.74) is 6.41. The van der Waals surface area contributed by atoms with Gasteiger partial charge in [0.2, 0.25) is 5.88 Å². The zero-order valence-corrected chi connectivity index (χ0v) is 10.7. The number of aromatic nitrogens is 2. The summed E-state index contributed by atoms with van der Waals surface area (Å²) in [4.78, 5) is 8.14. The highest BCUT2D eigenvalue weighted by Gasteiger charge is 2.15. The first-order valence-corrected chi connectivity index (χ1v) is 6.36. The van der Waals surface area contributed by atoms with Crippen LogP contribution in [0.5, 0.6) is 5.88 Å². The molecule has 2 rings (SSSR count). The second-order valence-corrected chi connectivity index (χ2v) is 4.34. The van der Waals surface area contributed by atoms with Crippen LogP contribution in [0.3, 0.4) is 0 Å². The van der Waals surface area contributed by atoms with Crippen LogP contribution in [0.15, 0.2) is 6.33 Å². The number of hydrogen-bond donors (Lipinski definition) is 2. The molecule has 1 fully saturated rings. The molecule has 1 aromatic rings. The highest BCUT2D eigenvalue weighted by molar-refractivity contribution is 5.66. The van der Waals surface area contributed by atoms with E-state index in [0.717, 1.165) is 26.2 Å². The molecule has 1 aliphatic rings. The maximum atomic E-state index is 5.94. The van der Waals surface area contributed by atoms with Crippen LogP contribution >= 0.6 is 0 Å². The van der Waals surface area contributed by atoms with Gasteiger partial charge in [-0.2, -0.15) is 4.98 Å². The Balaban J connectivity index is 1.93. The lowest BCUT2D eigenvalue weighted by Crippen LogP contribution is -2.25. The summed E-state index contributed by atoms with van der Waals surface area (Å²) >= 11 is 0. The van der Waals surface area contributed by atoms with Gasteiger partial charge < -0.3 is 20.5 Å². The van der Waals surface area contributed by atoms with Crippen LogP contribution in [-0.4, -0.2) is 36.3 Å². The van der Waals surface area contributed by atoms with Crippen molar-refractivity contribution in [1.82, 2.24) is 9.97 Å². The van der Waals surface area contributed by atoms with Gasteiger partial charge in [0.05, 0.1) is 13.2 Å². The van der Waals surface area contributed by atoms with Crippen LogP contribution in [0.4, 0.5) is 11.5 Å². The molecule has 6 nitrogen and oxygen atoms in total. The third-order valence-electron chi connectivity index (χ3n) is 2.94. The monoisotopic (exact) mass is 252 g/mol. The van der Waals surface area contributed by atoms with Gasteiger partial charge in [0.1, 0.15) is 12.0 Å². The van der Waals surface area contributed by atoms with E-state index in [1.54, 1.807) is 0 Å². The zero-order chi connectivity index (χ0) is 12.8. The summed E-state index contributed by atoms with van der Waals surface area (Å²) in [6, 6.07) is 0. The first kappa shape index (κ1) is 12.9. The fourth-order valence-corrected chi connectivity index (χ4v) is 1.98. The molecule has 0 aromatic carbocycles. The first-order chi connectivity index (χ1) is 8.81. The Labute approximate surface area is 107 Å². The maximum absolute atomic E-state index is 5.94. The van der Waals surface area contributed by atoms with Crippen molar-refractivity contribution >= 4 is 11.5 Å². The standard InChI is InChI=1S/C12H20N4O2/c1-2-18-12-10(13)11(15-8-16-12)14-6-9-4-3-5-17-7-9/h8-9H,2-7,13H2,1H3,(H,14,15,16). The van der Waals surface area contributed by atoms with Gasteiger partial charge in [-0.15, -0.1) is 0 Å². The molecule has 1 unspecified atom stereocenters. The van der Waals surface area contributed by atoms with Gasteiger partial charge in [-0.1, -0.05) is 0 Å². The number of rotatable bonds is 5. The molecule has 0 saturated carbocycles. The molecule has 0 bridgehead atoms. The van der Waals surface area contributed by atoms with Gasteiger partial charge in [0.15, 0.2) is 5.82 Å². The minimum Gasteiger partial charge on any atom is -0.476 e. The van der Waals surface area contributed by atoms with Crippen molar-refractivity contribution < 1.29 is 9.47 Å². The van der Waals surface area contributed by atoms with E-state index in [1.807, 2.05) is 6.92 Å². The fraction of sp³-hybridized carbons (Fsp3) is 0.667. The van der Waals surface area contributed by atoms with Crippen LogP contribution in [0.2, 0.25) is 0 Å². The fourth-order valence-electron chi connectivity index (χ4n) is 1.98. The first-order valence-electron chi connectivity index (χ1n) is 6.36. The second-order valence-electron chi connectivity index (χ2n) is 4.34. The molecule has 6 heteroatoms. The van der Waals surface area contributed by atoms with Crippen molar-refractivity contribution in [3.8, 4) is 5.88 Å². The van der Waals surface area contributed by atoms with Crippen LogP contribution < -0.4 is 15.8 Å². The van der Waals surface area contributed by atoms with Crippen molar-refractivity contribution in [2.45, 2.75) is 19.8 Å². The summed E-state index contributed by atoms with van der Waals surface area (Å²) in [7, 11) is 0. The van der Waals surface area contributed by atoms with Crippen LogP contribution in [0, 0.1) is 5.92 Å². The van der Waals surface area contributed by atoms with Crippen LogP contribution in [0.1, 0.15) is 19.8 Å². The molecule has 1 saturated heterocycles. The molecule has 0 amide bonds. The van der Waals surface area contributed by atoms with E-state index in [2.05, 4.69) is 15.3 Å². The third kappa shape index (κ3) is 3.22. The average Bonchev–Trinajstić information content (AvgIpc) is 2.41. The van der Waals surface area contributed by atoms with Crippen LogP contribution in [0.25, 0.3) is 0 Å². The van der Waals surface area contributed by atoms with Crippen molar-refractivity contribution in [3.63, 3.8) is 0 Å². The zero-order valence-electron chi connectivity index (χ0n) is 10.7. The van der Waals surface area contributed by atoms with E-state index in [9.17, 15) is 0 Å². The topological polar surface area (TPSA) is 82.3 Å². The second kappa shape index (κ2) is 6.39. The number of nitrogens with two attached hydrogens (primary N) is 1. The van der Waals surface area contributed by atoms with Crippen LogP contribution in [-0.2, 0) is 4.74 Å². The number of nitrogens with zero attached hydrogens (tertiary/aromatic N) is 2. The number of nitrogens with one attached hydrogen (secondary N) is 1.